The minimum atomic E-state index is -1.15. The fourth-order valence-electron chi connectivity index (χ4n) is 1.15. The summed E-state index contributed by atoms with van der Waals surface area (Å²) in [5, 5.41) is 8.82. The third-order valence-corrected chi connectivity index (χ3v) is 1.75. The van der Waals surface area contributed by atoms with Crippen molar-refractivity contribution in [3.8, 4) is 0 Å². The summed E-state index contributed by atoms with van der Waals surface area (Å²) in [5.41, 5.74) is 4.89. The smallest absolute Gasteiger partial charge is 0.352 e. The zero-order chi connectivity index (χ0) is 10.3. The van der Waals surface area contributed by atoms with Gasteiger partial charge in [-0.25, -0.2) is 4.79 Å². The number of fused-ring (bicyclic) bond motifs is 1. The van der Waals surface area contributed by atoms with Crippen LogP contribution in [0.25, 0.3) is 11.0 Å². The van der Waals surface area contributed by atoms with Gasteiger partial charge in [0.15, 0.2) is 0 Å². The Morgan fingerprint density at radius 3 is 2.86 bits per heavy atom. The molecule has 0 bridgehead atoms. The van der Waals surface area contributed by atoms with Crippen LogP contribution in [0.4, 0.5) is 5.95 Å². The molecule has 0 aliphatic carbocycles. The first-order chi connectivity index (χ1) is 6.58. The SMILES string of the molecule is Nc1nc2[nH]c(C(=O)O)cc2c(=O)[nH]1. The number of nitrogens with one attached hydrogen (secondary N) is 2. The van der Waals surface area contributed by atoms with E-state index in [0.717, 1.165) is 0 Å². The number of rotatable bonds is 1. The van der Waals surface area contributed by atoms with Crippen molar-refractivity contribution in [2.24, 2.45) is 0 Å². The summed E-state index contributed by atoms with van der Waals surface area (Å²) in [7, 11) is 0. The number of nitrogens with two attached hydrogens (primary N) is 1. The van der Waals surface area contributed by atoms with Crippen molar-refractivity contribution in [2.75, 3.05) is 5.73 Å². The van der Waals surface area contributed by atoms with Gasteiger partial charge in [-0.1, -0.05) is 0 Å². The van der Waals surface area contributed by atoms with Crippen LogP contribution in [0.2, 0.25) is 0 Å². The third kappa shape index (κ3) is 1.11. The molecule has 7 heteroatoms. The molecule has 2 heterocycles. The van der Waals surface area contributed by atoms with E-state index in [2.05, 4.69) is 15.0 Å². The highest BCUT2D eigenvalue weighted by molar-refractivity contribution is 5.92. The molecule has 0 saturated carbocycles. The maximum absolute atomic E-state index is 11.2. The van der Waals surface area contributed by atoms with Gasteiger partial charge in [-0.3, -0.25) is 9.78 Å². The zero-order valence-electron chi connectivity index (χ0n) is 6.87. The highest BCUT2D eigenvalue weighted by Crippen LogP contribution is 2.08. The molecule has 0 aliphatic rings. The molecule has 0 aromatic carbocycles. The zero-order valence-corrected chi connectivity index (χ0v) is 6.87. The molecule has 0 fully saturated rings. The summed E-state index contributed by atoms with van der Waals surface area (Å²) >= 11 is 0. The van der Waals surface area contributed by atoms with Gasteiger partial charge in [-0.2, -0.15) is 4.98 Å². The second-order valence-electron chi connectivity index (χ2n) is 2.70. The number of carbonyl (C=O) groups is 1. The number of carboxylic acids is 1. The minimum absolute atomic E-state index is 0.0544. The number of nitrogen functional groups attached to an aromatic ring is 1. The quantitative estimate of drug-likeness (QED) is 0.488. The fraction of sp³-hybridized carbons (Fsp3) is 0. The van der Waals surface area contributed by atoms with Gasteiger partial charge in [0, 0.05) is 0 Å². The van der Waals surface area contributed by atoms with Crippen LogP contribution < -0.4 is 11.3 Å². The van der Waals surface area contributed by atoms with Crippen LogP contribution in [0.5, 0.6) is 0 Å². The summed E-state index contributed by atoms with van der Waals surface area (Å²) in [5.74, 6) is -1.21. The Morgan fingerprint density at radius 2 is 2.21 bits per heavy atom. The van der Waals surface area contributed by atoms with Gasteiger partial charge in [0.25, 0.3) is 5.56 Å². The molecule has 0 spiro atoms. The second kappa shape index (κ2) is 2.59. The fourth-order valence-corrected chi connectivity index (χ4v) is 1.15. The van der Waals surface area contributed by atoms with Crippen molar-refractivity contribution >= 4 is 23.0 Å². The lowest BCUT2D eigenvalue weighted by Crippen LogP contribution is -2.09. The van der Waals surface area contributed by atoms with Gasteiger partial charge in [0.2, 0.25) is 5.95 Å². The lowest BCUT2D eigenvalue weighted by Gasteiger charge is -1.90. The normalized spacial score (nSPS) is 10.6. The van der Waals surface area contributed by atoms with E-state index in [1.165, 1.54) is 6.07 Å². The molecule has 72 valence electrons. The van der Waals surface area contributed by atoms with Gasteiger partial charge < -0.3 is 15.8 Å². The number of H-pyrrole nitrogens is 2. The second-order valence-corrected chi connectivity index (χ2v) is 2.70. The van der Waals surface area contributed by atoms with Crippen molar-refractivity contribution in [1.29, 1.82) is 0 Å². The molecule has 0 radical (unpaired) electrons. The molecule has 0 unspecified atom stereocenters. The number of hydrogen-bond donors (Lipinski definition) is 4. The number of anilines is 1. The number of carboxylic acid groups (broad SMARTS) is 1. The Morgan fingerprint density at radius 1 is 1.50 bits per heavy atom. The van der Waals surface area contributed by atoms with Crippen LogP contribution in [0, 0.1) is 0 Å². The first-order valence-corrected chi connectivity index (χ1v) is 3.70. The van der Waals surface area contributed by atoms with E-state index < -0.39 is 11.5 Å². The number of aromatic nitrogens is 3. The molecule has 2 aromatic heterocycles. The van der Waals surface area contributed by atoms with E-state index in [0.29, 0.717) is 0 Å². The van der Waals surface area contributed by atoms with Gasteiger partial charge in [-0.05, 0) is 6.07 Å². The Kier molecular flexibility index (Phi) is 1.53. The summed E-state index contributed by atoms with van der Waals surface area (Å²) < 4.78 is 0. The first-order valence-electron chi connectivity index (χ1n) is 3.70. The van der Waals surface area contributed by atoms with Crippen molar-refractivity contribution < 1.29 is 9.90 Å². The van der Waals surface area contributed by atoms with Crippen LogP contribution in [-0.4, -0.2) is 26.0 Å². The average molecular weight is 194 g/mol. The Bertz CT molecular complexity index is 568. The monoisotopic (exact) mass is 194 g/mol. The largest absolute Gasteiger partial charge is 0.477 e. The molecule has 2 aromatic rings. The van der Waals surface area contributed by atoms with E-state index in [9.17, 15) is 9.59 Å². The number of nitrogens with zero attached hydrogens (tertiary/aromatic N) is 1. The summed E-state index contributed by atoms with van der Waals surface area (Å²) in [4.78, 5) is 30.3. The summed E-state index contributed by atoms with van der Waals surface area (Å²) in [6.45, 7) is 0. The standard InChI is InChI=1S/C7H6N4O3/c8-7-10-4-2(5(12)11-7)1-3(9-4)6(13)14/h1H,(H,13,14)(H4,8,9,10,11,12). The lowest BCUT2D eigenvalue weighted by atomic mass is 10.3. The maximum atomic E-state index is 11.2. The lowest BCUT2D eigenvalue weighted by molar-refractivity contribution is 0.0691. The molecule has 0 aliphatic heterocycles. The van der Waals surface area contributed by atoms with E-state index in [-0.39, 0.29) is 22.7 Å². The molecular weight excluding hydrogens is 188 g/mol. The van der Waals surface area contributed by atoms with E-state index >= 15 is 0 Å². The Labute approximate surface area is 76.6 Å². The van der Waals surface area contributed by atoms with Crippen LogP contribution in [0.3, 0.4) is 0 Å². The van der Waals surface area contributed by atoms with Crippen LogP contribution in [0.15, 0.2) is 10.9 Å². The molecule has 0 saturated heterocycles. The van der Waals surface area contributed by atoms with Crippen molar-refractivity contribution in [1.82, 2.24) is 15.0 Å². The van der Waals surface area contributed by atoms with Crippen molar-refractivity contribution in [2.45, 2.75) is 0 Å². The van der Waals surface area contributed by atoms with Crippen molar-refractivity contribution in [3.05, 3.63) is 22.1 Å². The first kappa shape index (κ1) is 8.30. The highest BCUT2D eigenvalue weighted by Gasteiger charge is 2.10. The van der Waals surface area contributed by atoms with E-state index in [1.807, 2.05) is 0 Å². The number of hydrogen-bond acceptors (Lipinski definition) is 4. The molecule has 5 N–H and O–H groups in total. The third-order valence-electron chi connectivity index (χ3n) is 1.75. The van der Waals surface area contributed by atoms with Gasteiger partial charge in [-0.15, -0.1) is 0 Å². The summed E-state index contributed by atoms with van der Waals surface area (Å²) in [6, 6.07) is 1.21. The van der Waals surface area contributed by atoms with E-state index in [4.69, 9.17) is 10.8 Å². The predicted octanol–water partition coefficient (Wildman–Crippen LogP) is -0.468. The van der Waals surface area contributed by atoms with E-state index in [1.54, 1.807) is 0 Å². The molecule has 0 amide bonds. The predicted molar refractivity (Wildman–Crippen MR) is 48.1 cm³/mol. The maximum Gasteiger partial charge on any atom is 0.352 e. The Hall–Kier alpha value is -2.31. The molecule has 0 atom stereocenters. The number of aromatic amines is 2. The van der Waals surface area contributed by atoms with Gasteiger partial charge in [0.05, 0.1) is 5.39 Å². The average Bonchev–Trinajstić information content (AvgIpc) is 2.47. The number of aromatic carboxylic acids is 1. The Balaban J connectivity index is 2.83. The van der Waals surface area contributed by atoms with Crippen LogP contribution in [0.1, 0.15) is 10.5 Å². The molecular formula is C7H6N4O3. The van der Waals surface area contributed by atoms with Crippen LogP contribution in [-0.2, 0) is 0 Å². The molecule has 2 rings (SSSR count). The van der Waals surface area contributed by atoms with Crippen LogP contribution >= 0.6 is 0 Å². The topological polar surface area (TPSA) is 125 Å². The summed E-state index contributed by atoms with van der Waals surface area (Å²) in [6.07, 6.45) is 0. The van der Waals surface area contributed by atoms with Gasteiger partial charge in [0.1, 0.15) is 11.3 Å². The van der Waals surface area contributed by atoms with Gasteiger partial charge >= 0.3 is 5.97 Å². The molecule has 14 heavy (non-hydrogen) atoms. The minimum Gasteiger partial charge on any atom is -0.477 e. The molecule has 7 nitrogen and oxygen atoms in total. The van der Waals surface area contributed by atoms with Crippen molar-refractivity contribution in [3.63, 3.8) is 0 Å². The highest BCUT2D eigenvalue weighted by atomic mass is 16.4.